The molecule has 2 unspecified atom stereocenters. The summed E-state index contributed by atoms with van der Waals surface area (Å²) < 4.78 is 0. The molecular formula is C6H11N3. The van der Waals surface area contributed by atoms with Crippen LogP contribution < -0.4 is 5.73 Å². The van der Waals surface area contributed by atoms with Crippen LogP contribution in [0.1, 0.15) is 13.8 Å². The van der Waals surface area contributed by atoms with Gasteiger partial charge in [0, 0.05) is 11.8 Å². The standard InChI is InChI=1S/C6H11N3/c1-4(3-7)6(9)5(2)8/h4-5,9H,8H2,1-2H3. The summed E-state index contributed by atoms with van der Waals surface area (Å²) in [6, 6.07) is 1.65. The van der Waals surface area contributed by atoms with Gasteiger partial charge in [-0.25, -0.2) is 0 Å². The molecule has 0 amide bonds. The van der Waals surface area contributed by atoms with Gasteiger partial charge in [0.05, 0.1) is 12.0 Å². The smallest absolute Gasteiger partial charge is 0.0826 e. The van der Waals surface area contributed by atoms with Crippen LogP contribution in [-0.4, -0.2) is 11.8 Å². The van der Waals surface area contributed by atoms with Crippen LogP contribution in [0.4, 0.5) is 0 Å². The maximum atomic E-state index is 8.31. The van der Waals surface area contributed by atoms with Crippen LogP contribution in [0.2, 0.25) is 0 Å². The van der Waals surface area contributed by atoms with Gasteiger partial charge in [-0.1, -0.05) is 0 Å². The Morgan fingerprint density at radius 2 is 2.11 bits per heavy atom. The SMILES string of the molecule is CC(N)C(=N)C(C)C#N. The highest BCUT2D eigenvalue weighted by atomic mass is 14.7. The summed E-state index contributed by atoms with van der Waals surface area (Å²) in [4.78, 5) is 0. The highest BCUT2D eigenvalue weighted by Crippen LogP contribution is 1.96. The van der Waals surface area contributed by atoms with Gasteiger partial charge in [-0.15, -0.1) is 0 Å². The van der Waals surface area contributed by atoms with E-state index in [1.807, 2.05) is 6.07 Å². The normalized spacial score (nSPS) is 15.8. The molecule has 0 saturated carbocycles. The number of nitrogens with two attached hydrogens (primary N) is 1. The van der Waals surface area contributed by atoms with Crippen molar-refractivity contribution in [3.8, 4) is 6.07 Å². The molecule has 3 N–H and O–H groups in total. The lowest BCUT2D eigenvalue weighted by atomic mass is 10.0. The topological polar surface area (TPSA) is 73.7 Å². The zero-order valence-corrected chi connectivity index (χ0v) is 5.68. The highest BCUT2D eigenvalue weighted by molar-refractivity contribution is 5.89. The Bertz CT molecular complexity index is 143. The molecule has 3 heteroatoms. The first-order valence-corrected chi connectivity index (χ1v) is 2.83. The van der Waals surface area contributed by atoms with Gasteiger partial charge >= 0.3 is 0 Å². The second-order valence-electron chi connectivity index (χ2n) is 2.09. The Morgan fingerprint density at radius 3 is 2.22 bits per heavy atom. The van der Waals surface area contributed by atoms with E-state index in [0.717, 1.165) is 0 Å². The molecule has 0 aromatic rings. The van der Waals surface area contributed by atoms with E-state index in [9.17, 15) is 0 Å². The largest absolute Gasteiger partial charge is 0.323 e. The van der Waals surface area contributed by atoms with Crippen LogP contribution in [0.3, 0.4) is 0 Å². The predicted molar refractivity (Wildman–Crippen MR) is 36.2 cm³/mol. The van der Waals surface area contributed by atoms with Gasteiger partial charge in [0.1, 0.15) is 0 Å². The van der Waals surface area contributed by atoms with Gasteiger partial charge in [0.2, 0.25) is 0 Å². The molecule has 0 spiro atoms. The summed E-state index contributed by atoms with van der Waals surface area (Å²) in [6.07, 6.45) is 0. The van der Waals surface area contributed by atoms with Crippen LogP contribution in [-0.2, 0) is 0 Å². The Balaban J connectivity index is 3.92. The molecule has 0 fully saturated rings. The number of nitriles is 1. The fourth-order valence-corrected chi connectivity index (χ4v) is 0.464. The van der Waals surface area contributed by atoms with Crippen LogP contribution in [0.25, 0.3) is 0 Å². The molecule has 0 aliphatic rings. The molecule has 0 bridgehead atoms. The van der Waals surface area contributed by atoms with Gasteiger partial charge in [-0.05, 0) is 13.8 Å². The number of hydrogen-bond acceptors (Lipinski definition) is 3. The van der Waals surface area contributed by atoms with E-state index in [1.54, 1.807) is 13.8 Å². The van der Waals surface area contributed by atoms with Gasteiger partial charge in [0.25, 0.3) is 0 Å². The quantitative estimate of drug-likeness (QED) is 0.528. The Labute approximate surface area is 55.0 Å². The maximum Gasteiger partial charge on any atom is 0.0826 e. The Morgan fingerprint density at radius 1 is 1.67 bits per heavy atom. The van der Waals surface area contributed by atoms with Gasteiger partial charge < -0.3 is 11.1 Å². The van der Waals surface area contributed by atoms with E-state index < -0.39 is 0 Å². The zero-order chi connectivity index (χ0) is 7.44. The van der Waals surface area contributed by atoms with Gasteiger partial charge in [0.15, 0.2) is 0 Å². The fourth-order valence-electron chi connectivity index (χ4n) is 0.464. The first-order chi connectivity index (χ1) is 4.09. The van der Waals surface area contributed by atoms with Crippen LogP contribution in [0, 0.1) is 22.7 Å². The first-order valence-electron chi connectivity index (χ1n) is 2.83. The van der Waals surface area contributed by atoms with Crippen molar-refractivity contribution in [3.05, 3.63) is 0 Å². The zero-order valence-electron chi connectivity index (χ0n) is 5.68. The van der Waals surface area contributed by atoms with Crippen LogP contribution in [0.5, 0.6) is 0 Å². The lowest BCUT2D eigenvalue weighted by Crippen LogP contribution is -2.30. The minimum atomic E-state index is -0.343. The third kappa shape index (κ3) is 2.24. The molecule has 9 heavy (non-hydrogen) atoms. The number of hydrogen-bond donors (Lipinski definition) is 2. The van der Waals surface area contributed by atoms with Crippen molar-refractivity contribution in [2.24, 2.45) is 11.7 Å². The van der Waals surface area contributed by atoms with Crippen molar-refractivity contribution in [3.63, 3.8) is 0 Å². The number of rotatable bonds is 2. The second kappa shape index (κ2) is 3.21. The molecule has 0 aliphatic carbocycles. The minimum absolute atomic E-state index is 0.292. The molecule has 0 saturated heterocycles. The van der Waals surface area contributed by atoms with E-state index in [0.29, 0.717) is 5.71 Å². The van der Waals surface area contributed by atoms with E-state index in [2.05, 4.69) is 0 Å². The van der Waals surface area contributed by atoms with Crippen molar-refractivity contribution < 1.29 is 0 Å². The summed E-state index contributed by atoms with van der Waals surface area (Å²) in [5.74, 6) is -0.343. The first kappa shape index (κ1) is 8.12. The molecule has 3 nitrogen and oxygen atoms in total. The predicted octanol–water partition coefficient (Wildman–Crippen LogP) is 0.513. The Hall–Kier alpha value is -0.880. The fraction of sp³-hybridized carbons (Fsp3) is 0.667. The molecule has 0 heterocycles. The van der Waals surface area contributed by atoms with E-state index in [1.165, 1.54) is 0 Å². The lowest BCUT2D eigenvalue weighted by Gasteiger charge is -2.07. The lowest BCUT2D eigenvalue weighted by molar-refractivity contribution is 0.866. The average Bonchev–Trinajstić information content (AvgIpc) is 1.84. The average molecular weight is 125 g/mol. The molecule has 0 aromatic carbocycles. The van der Waals surface area contributed by atoms with Crippen molar-refractivity contribution in [2.75, 3.05) is 0 Å². The third-order valence-electron chi connectivity index (χ3n) is 1.15. The highest BCUT2D eigenvalue weighted by Gasteiger charge is 2.10. The molecule has 0 radical (unpaired) electrons. The summed E-state index contributed by atoms with van der Waals surface area (Å²) in [5, 5.41) is 15.5. The summed E-state index contributed by atoms with van der Waals surface area (Å²) in [6.45, 7) is 3.38. The number of nitrogens with zero attached hydrogens (tertiary/aromatic N) is 1. The molecule has 0 aromatic heterocycles. The van der Waals surface area contributed by atoms with Crippen LogP contribution in [0.15, 0.2) is 0 Å². The van der Waals surface area contributed by atoms with Crippen LogP contribution >= 0.6 is 0 Å². The third-order valence-corrected chi connectivity index (χ3v) is 1.15. The van der Waals surface area contributed by atoms with Crippen molar-refractivity contribution in [2.45, 2.75) is 19.9 Å². The van der Waals surface area contributed by atoms with E-state index >= 15 is 0 Å². The van der Waals surface area contributed by atoms with Gasteiger partial charge in [-0.3, -0.25) is 0 Å². The van der Waals surface area contributed by atoms with E-state index in [-0.39, 0.29) is 12.0 Å². The molecule has 50 valence electrons. The van der Waals surface area contributed by atoms with Crippen molar-refractivity contribution in [1.29, 1.82) is 10.7 Å². The monoisotopic (exact) mass is 125 g/mol. The summed E-state index contributed by atoms with van der Waals surface area (Å²) in [5.41, 5.74) is 5.64. The van der Waals surface area contributed by atoms with Gasteiger partial charge in [-0.2, -0.15) is 5.26 Å². The summed E-state index contributed by atoms with van der Waals surface area (Å²) >= 11 is 0. The Kier molecular flexibility index (Phi) is 2.89. The molecule has 2 atom stereocenters. The maximum absolute atomic E-state index is 8.31. The minimum Gasteiger partial charge on any atom is -0.323 e. The summed E-state index contributed by atoms with van der Waals surface area (Å²) in [7, 11) is 0. The number of nitrogens with one attached hydrogen (secondary N) is 1. The molecular weight excluding hydrogens is 114 g/mol. The second-order valence-corrected chi connectivity index (χ2v) is 2.09. The van der Waals surface area contributed by atoms with Crippen molar-refractivity contribution in [1.82, 2.24) is 0 Å². The molecule has 0 aliphatic heterocycles. The molecule has 0 rings (SSSR count). The van der Waals surface area contributed by atoms with Crippen molar-refractivity contribution >= 4 is 5.71 Å². The van der Waals surface area contributed by atoms with E-state index in [4.69, 9.17) is 16.4 Å².